The molecule has 0 aliphatic rings. The molecule has 0 aliphatic carbocycles. The lowest BCUT2D eigenvalue weighted by atomic mass is 9.87. The highest BCUT2D eigenvalue weighted by atomic mass is 32.2. The fourth-order valence-corrected chi connectivity index (χ4v) is 2.98. The van der Waals surface area contributed by atoms with E-state index in [-0.39, 0.29) is 43.2 Å². The van der Waals surface area contributed by atoms with Crippen LogP contribution in [0.15, 0.2) is 0 Å². The van der Waals surface area contributed by atoms with Crippen molar-refractivity contribution in [3.8, 4) is 0 Å². The number of nitrogens with one attached hydrogen (secondary N) is 2. The Morgan fingerprint density at radius 3 is 2.24 bits per heavy atom. The number of aliphatic hydroxyl groups excluding tert-OH is 1. The largest absolute Gasteiger partial charge is 0.481 e. The molecule has 29 heavy (non-hydrogen) atoms. The Bertz CT molecular complexity index is 637. The van der Waals surface area contributed by atoms with Gasteiger partial charge in [0.05, 0.1) is 13.0 Å². The van der Waals surface area contributed by atoms with E-state index in [0.717, 1.165) is 11.8 Å². The highest BCUT2D eigenvalue weighted by Gasteiger charge is 2.35. The first-order valence-electron chi connectivity index (χ1n) is 8.54. The van der Waals surface area contributed by atoms with Crippen LogP contribution in [0.25, 0.3) is 0 Å². The van der Waals surface area contributed by atoms with Gasteiger partial charge >= 0.3 is 13.8 Å². The third-order valence-corrected chi connectivity index (χ3v) is 4.87. The Balaban J connectivity index is 4.05. The number of carbonyl (C=O) groups excluding carboxylic acids is 3. The van der Waals surface area contributed by atoms with E-state index in [0.29, 0.717) is 0 Å². The Morgan fingerprint density at radius 2 is 1.69 bits per heavy atom. The molecule has 0 aromatic carbocycles. The molecule has 12 nitrogen and oxygen atoms in total. The summed E-state index contributed by atoms with van der Waals surface area (Å²) in [6, 6.07) is 0. The molecule has 0 radical (unpaired) electrons. The second-order valence-electron chi connectivity index (χ2n) is 6.66. The van der Waals surface area contributed by atoms with Gasteiger partial charge in [0.2, 0.25) is 11.8 Å². The second-order valence-corrected chi connectivity index (χ2v) is 9.05. The molecular formula is C15H27N2O10PS. The SMILES string of the molecule is CC(C)(COP(=O)(O)O)[C@@H](O)C(=O)NCCC(=O)NCCSC(=O)CCC(=O)O. The molecule has 0 aromatic rings. The number of aliphatic hydroxyl groups is 1. The number of thioether (sulfide) groups is 1. The third kappa shape index (κ3) is 14.2. The van der Waals surface area contributed by atoms with Crippen molar-refractivity contribution >= 4 is 42.5 Å². The average Bonchev–Trinajstić information content (AvgIpc) is 2.60. The maximum Gasteiger partial charge on any atom is 0.469 e. The summed E-state index contributed by atoms with van der Waals surface area (Å²) in [5.74, 6) is -2.00. The number of rotatable bonds is 14. The van der Waals surface area contributed by atoms with Crippen LogP contribution in [-0.2, 0) is 28.3 Å². The monoisotopic (exact) mass is 458 g/mol. The lowest BCUT2D eigenvalue weighted by molar-refractivity contribution is -0.138. The maximum atomic E-state index is 11.9. The van der Waals surface area contributed by atoms with Crippen molar-refractivity contribution < 1.29 is 48.3 Å². The van der Waals surface area contributed by atoms with Crippen molar-refractivity contribution in [1.29, 1.82) is 0 Å². The summed E-state index contributed by atoms with van der Waals surface area (Å²) in [4.78, 5) is 62.6. The first kappa shape index (κ1) is 27.5. The van der Waals surface area contributed by atoms with Gasteiger partial charge in [-0.25, -0.2) is 4.57 Å². The van der Waals surface area contributed by atoms with Gasteiger partial charge in [-0.05, 0) is 0 Å². The van der Waals surface area contributed by atoms with Gasteiger partial charge in [-0.1, -0.05) is 25.6 Å². The fourth-order valence-electron chi connectivity index (χ4n) is 1.81. The van der Waals surface area contributed by atoms with Crippen LogP contribution in [0.2, 0.25) is 0 Å². The third-order valence-electron chi connectivity index (χ3n) is 3.47. The predicted molar refractivity (Wildman–Crippen MR) is 103 cm³/mol. The van der Waals surface area contributed by atoms with Crippen molar-refractivity contribution in [2.75, 3.05) is 25.4 Å². The van der Waals surface area contributed by atoms with Gasteiger partial charge in [0.15, 0.2) is 5.12 Å². The lowest BCUT2D eigenvalue weighted by Gasteiger charge is -2.29. The van der Waals surface area contributed by atoms with Crippen molar-refractivity contribution in [3.63, 3.8) is 0 Å². The van der Waals surface area contributed by atoms with Crippen LogP contribution in [0, 0.1) is 5.41 Å². The smallest absolute Gasteiger partial charge is 0.469 e. The molecule has 0 aromatic heterocycles. The predicted octanol–water partition coefficient (Wildman–Crippen LogP) is -0.770. The molecule has 0 spiro atoms. The minimum absolute atomic E-state index is 0.0815. The summed E-state index contributed by atoms with van der Waals surface area (Å²) in [6.45, 7) is 2.31. The van der Waals surface area contributed by atoms with Gasteiger partial charge in [0.1, 0.15) is 6.10 Å². The van der Waals surface area contributed by atoms with E-state index in [2.05, 4.69) is 15.2 Å². The number of phosphoric ester groups is 1. The molecule has 0 fully saturated rings. The second kappa shape index (κ2) is 12.9. The number of carboxylic acid groups (broad SMARTS) is 1. The zero-order chi connectivity index (χ0) is 22.7. The summed E-state index contributed by atoms with van der Waals surface area (Å²) in [7, 11) is -4.74. The highest BCUT2D eigenvalue weighted by Crippen LogP contribution is 2.38. The van der Waals surface area contributed by atoms with Gasteiger partial charge in [-0.3, -0.25) is 23.7 Å². The van der Waals surface area contributed by atoms with Crippen LogP contribution in [0.3, 0.4) is 0 Å². The number of hydrogen-bond acceptors (Lipinski definition) is 8. The Labute approximate surface area is 172 Å². The van der Waals surface area contributed by atoms with Crippen LogP contribution >= 0.6 is 19.6 Å². The van der Waals surface area contributed by atoms with E-state index < -0.39 is 43.7 Å². The maximum absolute atomic E-state index is 11.9. The molecule has 0 saturated heterocycles. The van der Waals surface area contributed by atoms with E-state index in [9.17, 15) is 28.8 Å². The summed E-state index contributed by atoms with van der Waals surface area (Å²) in [5, 5.41) is 23.0. The van der Waals surface area contributed by atoms with Crippen molar-refractivity contribution in [3.05, 3.63) is 0 Å². The number of aliphatic carboxylic acids is 1. The number of carboxylic acids is 1. The summed E-state index contributed by atoms with van der Waals surface area (Å²) in [6.07, 6.45) is -2.04. The zero-order valence-corrected chi connectivity index (χ0v) is 17.8. The molecule has 2 amide bonds. The minimum atomic E-state index is -4.74. The Morgan fingerprint density at radius 1 is 1.07 bits per heavy atom. The van der Waals surface area contributed by atoms with Gasteiger partial charge in [-0.2, -0.15) is 0 Å². The van der Waals surface area contributed by atoms with Gasteiger partial charge < -0.3 is 30.6 Å². The lowest BCUT2D eigenvalue weighted by Crippen LogP contribution is -2.46. The quantitative estimate of drug-likeness (QED) is 0.141. The molecule has 168 valence electrons. The number of phosphoric acid groups is 1. The van der Waals surface area contributed by atoms with Crippen LogP contribution in [-0.4, -0.2) is 74.5 Å². The zero-order valence-electron chi connectivity index (χ0n) is 16.1. The highest BCUT2D eigenvalue weighted by molar-refractivity contribution is 8.13. The van der Waals surface area contributed by atoms with Crippen LogP contribution < -0.4 is 10.6 Å². The Hall–Kier alpha value is -1.50. The topological polar surface area (TPSA) is 200 Å². The van der Waals surface area contributed by atoms with E-state index in [1.54, 1.807) is 0 Å². The van der Waals surface area contributed by atoms with Crippen molar-refractivity contribution in [1.82, 2.24) is 10.6 Å². The van der Waals surface area contributed by atoms with Crippen LogP contribution in [0.5, 0.6) is 0 Å². The summed E-state index contributed by atoms with van der Waals surface area (Å²) in [5.41, 5.74) is -1.28. The van der Waals surface area contributed by atoms with Crippen molar-refractivity contribution in [2.24, 2.45) is 5.41 Å². The summed E-state index contributed by atoms with van der Waals surface area (Å²) >= 11 is 0.915. The molecule has 0 heterocycles. The Kier molecular flexibility index (Phi) is 12.3. The standard InChI is InChI=1S/C15H27N2O10PS/c1-15(2,9-27-28(24,25)26)13(22)14(23)17-6-5-10(18)16-7-8-29-12(21)4-3-11(19)20/h13,22H,3-9H2,1-2H3,(H,16,18)(H,17,23)(H,19,20)(H2,24,25,26)/t13-/m0/s1. The molecule has 0 aliphatic heterocycles. The van der Waals surface area contributed by atoms with E-state index in [1.165, 1.54) is 13.8 Å². The van der Waals surface area contributed by atoms with Crippen LogP contribution in [0.1, 0.15) is 33.1 Å². The molecule has 6 N–H and O–H groups in total. The van der Waals surface area contributed by atoms with Gasteiger partial charge in [0, 0.05) is 37.1 Å². The van der Waals surface area contributed by atoms with E-state index in [1.807, 2.05) is 0 Å². The molecule has 14 heteroatoms. The first-order valence-corrected chi connectivity index (χ1v) is 11.1. The average molecular weight is 458 g/mol. The minimum Gasteiger partial charge on any atom is -0.481 e. The first-order chi connectivity index (χ1) is 13.2. The molecule has 0 saturated carbocycles. The number of carbonyl (C=O) groups is 4. The molecule has 1 atom stereocenters. The van der Waals surface area contributed by atoms with Gasteiger partial charge in [0.25, 0.3) is 0 Å². The van der Waals surface area contributed by atoms with Gasteiger partial charge in [-0.15, -0.1) is 0 Å². The van der Waals surface area contributed by atoms with E-state index >= 15 is 0 Å². The molecule has 0 bridgehead atoms. The molecular weight excluding hydrogens is 431 g/mol. The van der Waals surface area contributed by atoms with Crippen molar-refractivity contribution in [2.45, 2.75) is 39.2 Å². The van der Waals surface area contributed by atoms with Crippen LogP contribution in [0.4, 0.5) is 0 Å². The molecule has 0 rings (SSSR count). The fraction of sp³-hybridized carbons (Fsp3) is 0.733. The normalized spacial score (nSPS) is 12.9. The number of hydrogen-bond donors (Lipinski definition) is 6. The summed E-state index contributed by atoms with van der Waals surface area (Å²) < 4.78 is 15.0. The molecule has 0 unspecified atom stereocenters. The van der Waals surface area contributed by atoms with E-state index in [4.69, 9.17) is 14.9 Å². The number of amides is 2.